The molecule has 4 heteroatoms. The molecule has 0 saturated carbocycles. The highest BCUT2D eigenvalue weighted by Gasteiger charge is 2.22. The lowest BCUT2D eigenvalue weighted by atomic mass is 9.98. The van der Waals surface area contributed by atoms with Gasteiger partial charge in [0.05, 0.1) is 16.7 Å². The van der Waals surface area contributed by atoms with Gasteiger partial charge in [-0.1, -0.05) is 146 Å². The Morgan fingerprint density at radius 2 is 0.935 bits per heavy atom. The smallest absolute Gasteiger partial charge is 0.143 e. The van der Waals surface area contributed by atoms with Gasteiger partial charge in [-0.2, -0.15) is 0 Å². The molecule has 13 aromatic rings. The molecule has 0 aliphatic heterocycles. The van der Waals surface area contributed by atoms with Crippen LogP contribution < -0.4 is 4.90 Å². The Hall–Kier alpha value is -8.34. The second kappa shape index (κ2) is 13.6. The first kappa shape index (κ1) is 34.5. The number of nitrogens with zero attached hydrogens (tertiary/aromatic N) is 2. The zero-order chi connectivity index (χ0) is 40.7. The Morgan fingerprint density at radius 1 is 0.339 bits per heavy atom. The Morgan fingerprint density at radius 3 is 1.76 bits per heavy atom. The number of benzene rings is 10. The van der Waals surface area contributed by atoms with Crippen LogP contribution in [0.25, 0.3) is 104 Å². The van der Waals surface area contributed by atoms with Crippen molar-refractivity contribution < 1.29 is 8.83 Å². The zero-order valence-corrected chi connectivity index (χ0v) is 33.5. The van der Waals surface area contributed by atoms with Crippen molar-refractivity contribution in [2.75, 3.05) is 4.90 Å². The molecule has 0 aliphatic carbocycles. The lowest BCUT2D eigenvalue weighted by Crippen LogP contribution is -2.10. The van der Waals surface area contributed by atoms with Crippen molar-refractivity contribution in [1.29, 1.82) is 0 Å². The van der Waals surface area contributed by atoms with Crippen LogP contribution in [0, 0.1) is 0 Å². The van der Waals surface area contributed by atoms with Crippen molar-refractivity contribution in [2.24, 2.45) is 0 Å². The molecule has 290 valence electrons. The molecule has 0 unspecified atom stereocenters. The van der Waals surface area contributed by atoms with E-state index in [4.69, 9.17) is 8.83 Å². The molecule has 0 fully saturated rings. The van der Waals surface area contributed by atoms with Crippen molar-refractivity contribution >= 4 is 93.5 Å². The summed E-state index contributed by atoms with van der Waals surface area (Å²) in [5, 5.41) is 9.19. The number of hydrogen-bond donors (Lipinski definition) is 0. The van der Waals surface area contributed by atoms with Crippen molar-refractivity contribution in [1.82, 2.24) is 4.57 Å². The third-order valence-corrected chi connectivity index (χ3v) is 12.6. The van der Waals surface area contributed by atoms with Gasteiger partial charge in [0.25, 0.3) is 0 Å². The highest BCUT2D eigenvalue weighted by molar-refractivity contribution is 6.18. The van der Waals surface area contributed by atoms with E-state index >= 15 is 0 Å². The average Bonchev–Trinajstić information content (AvgIpc) is 4.03. The maximum atomic E-state index is 6.77. The average molecular weight is 793 g/mol. The molecule has 3 heterocycles. The summed E-state index contributed by atoms with van der Waals surface area (Å²) in [6.45, 7) is 0. The van der Waals surface area contributed by atoms with E-state index in [0.29, 0.717) is 0 Å². The summed E-state index contributed by atoms with van der Waals surface area (Å²) in [7, 11) is 0. The quantitative estimate of drug-likeness (QED) is 0.168. The summed E-state index contributed by atoms with van der Waals surface area (Å²) >= 11 is 0. The van der Waals surface area contributed by atoms with Gasteiger partial charge in [-0.3, -0.25) is 0 Å². The predicted molar refractivity (Wildman–Crippen MR) is 258 cm³/mol. The first-order chi connectivity index (χ1) is 30.8. The molecule has 0 radical (unpaired) electrons. The van der Waals surface area contributed by atoms with Gasteiger partial charge in [0.2, 0.25) is 0 Å². The van der Waals surface area contributed by atoms with Crippen LogP contribution in [0.5, 0.6) is 0 Å². The molecule has 3 aromatic heterocycles. The number of rotatable bonds is 6. The maximum Gasteiger partial charge on any atom is 0.143 e. The van der Waals surface area contributed by atoms with Crippen LogP contribution in [0.15, 0.2) is 227 Å². The standard InChI is InChI=1S/C58H36N2O2/c1-2-14-40(15-3-1)60-50-22-8-6-17-48(50)56-51(23-12-24-52(56)60)59(41-32-27-38(28-33-41)43-19-11-26-54-55(43)49-18-7-9-25-53(49)61-54)42-34-29-39(30-35-42)45-20-10-21-46-47-36-31-37-13-4-5-16-44(37)58(47)62-57(45)46/h1-36H. The molecule has 0 saturated heterocycles. The van der Waals surface area contributed by atoms with E-state index in [0.717, 1.165) is 99.8 Å². The molecule has 0 bridgehead atoms. The number of aromatic nitrogens is 1. The third-order valence-electron chi connectivity index (χ3n) is 12.6. The van der Waals surface area contributed by atoms with Gasteiger partial charge in [0.1, 0.15) is 22.3 Å². The molecule has 13 rings (SSSR count). The van der Waals surface area contributed by atoms with E-state index in [9.17, 15) is 0 Å². The summed E-state index contributed by atoms with van der Waals surface area (Å²) in [6, 6.07) is 77.9. The zero-order valence-electron chi connectivity index (χ0n) is 33.5. The van der Waals surface area contributed by atoms with Gasteiger partial charge in [-0.05, 0) is 94.9 Å². The molecule has 0 N–H and O–H groups in total. The molecule has 0 spiro atoms. The van der Waals surface area contributed by atoms with E-state index in [2.05, 4.69) is 216 Å². The second-order valence-electron chi connectivity index (χ2n) is 16.0. The summed E-state index contributed by atoms with van der Waals surface area (Å²) < 4.78 is 15.4. The predicted octanol–water partition coefficient (Wildman–Crippen LogP) is 16.5. The monoisotopic (exact) mass is 792 g/mol. The highest BCUT2D eigenvalue weighted by Crippen LogP contribution is 2.46. The second-order valence-corrected chi connectivity index (χ2v) is 16.0. The van der Waals surface area contributed by atoms with Crippen LogP contribution in [-0.2, 0) is 0 Å². The summed E-state index contributed by atoms with van der Waals surface area (Å²) in [6.07, 6.45) is 0. The van der Waals surface area contributed by atoms with Crippen molar-refractivity contribution in [3.63, 3.8) is 0 Å². The van der Waals surface area contributed by atoms with Gasteiger partial charge >= 0.3 is 0 Å². The van der Waals surface area contributed by atoms with E-state index in [1.54, 1.807) is 0 Å². The van der Waals surface area contributed by atoms with Crippen molar-refractivity contribution in [2.45, 2.75) is 0 Å². The minimum Gasteiger partial charge on any atom is -0.456 e. The number of hydrogen-bond acceptors (Lipinski definition) is 3. The van der Waals surface area contributed by atoms with Crippen LogP contribution in [0.4, 0.5) is 17.1 Å². The normalized spacial score (nSPS) is 11.9. The minimum absolute atomic E-state index is 0.891. The molecule has 4 nitrogen and oxygen atoms in total. The maximum absolute atomic E-state index is 6.77. The largest absolute Gasteiger partial charge is 0.456 e. The summed E-state index contributed by atoms with van der Waals surface area (Å²) in [4.78, 5) is 2.40. The Balaban J connectivity index is 0.995. The SMILES string of the molecule is c1ccc(-n2c3ccccc3c3c(N(c4ccc(-c5cccc6c5oc5c7ccccc7ccc65)cc4)c4ccc(-c5cccc6oc7ccccc7c56)cc4)cccc32)cc1. The molecule has 0 amide bonds. The summed E-state index contributed by atoms with van der Waals surface area (Å²) in [5.74, 6) is 0. The lowest BCUT2D eigenvalue weighted by molar-refractivity contribution is 0.669. The van der Waals surface area contributed by atoms with Crippen LogP contribution in [-0.4, -0.2) is 4.57 Å². The molecule has 10 aromatic carbocycles. The van der Waals surface area contributed by atoms with Gasteiger partial charge in [0.15, 0.2) is 0 Å². The molecular weight excluding hydrogens is 757 g/mol. The van der Waals surface area contributed by atoms with Gasteiger partial charge in [0, 0.05) is 60.3 Å². The van der Waals surface area contributed by atoms with Crippen LogP contribution in [0.2, 0.25) is 0 Å². The Bertz CT molecular complexity index is 3850. The number of fused-ring (bicyclic) bond motifs is 11. The van der Waals surface area contributed by atoms with E-state index in [1.807, 2.05) is 12.1 Å². The van der Waals surface area contributed by atoms with E-state index in [1.165, 1.54) is 21.7 Å². The fourth-order valence-corrected chi connectivity index (χ4v) is 9.82. The Kier molecular flexibility index (Phi) is 7.57. The molecule has 0 aliphatic rings. The van der Waals surface area contributed by atoms with Crippen LogP contribution >= 0.6 is 0 Å². The first-order valence-corrected chi connectivity index (χ1v) is 21.1. The van der Waals surface area contributed by atoms with E-state index in [-0.39, 0.29) is 0 Å². The van der Waals surface area contributed by atoms with Crippen molar-refractivity contribution in [3.8, 4) is 27.9 Å². The molecule has 62 heavy (non-hydrogen) atoms. The first-order valence-electron chi connectivity index (χ1n) is 21.1. The fraction of sp³-hybridized carbons (Fsp3) is 0. The van der Waals surface area contributed by atoms with E-state index < -0.39 is 0 Å². The number of para-hydroxylation sites is 4. The lowest BCUT2D eigenvalue weighted by Gasteiger charge is -2.27. The van der Waals surface area contributed by atoms with Gasteiger partial charge < -0.3 is 18.3 Å². The topological polar surface area (TPSA) is 34.5 Å². The van der Waals surface area contributed by atoms with Crippen LogP contribution in [0.1, 0.15) is 0 Å². The van der Waals surface area contributed by atoms with Gasteiger partial charge in [-0.25, -0.2) is 0 Å². The van der Waals surface area contributed by atoms with Gasteiger partial charge in [-0.15, -0.1) is 0 Å². The number of furan rings is 2. The molecular formula is C58H36N2O2. The highest BCUT2D eigenvalue weighted by atomic mass is 16.3. The number of anilines is 3. The minimum atomic E-state index is 0.891. The summed E-state index contributed by atoms with van der Waals surface area (Å²) in [5.41, 5.74) is 14.7. The molecule has 0 atom stereocenters. The van der Waals surface area contributed by atoms with Crippen LogP contribution in [0.3, 0.4) is 0 Å². The Labute approximate surface area is 356 Å². The van der Waals surface area contributed by atoms with Crippen molar-refractivity contribution in [3.05, 3.63) is 218 Å². The fourth-order valence-electron chi connectivity index (χ4n) is 9.82. The third kappa shape index (κ3) is 5.20.